The van der Waals surface area contributed by atoms with E-state index in [1.54, 1.807) is 24.3 Å². The molecule has 10 heteroatoms. The number of likely N-dealkylation sites (tertiary alicyclic amines) is 1. The number of aromatic hydroxyl groups is 1. The molecular weight excluding hydrogens is 464 g/mol. The normalized spacial score (nSPS) is 15.8. The number of phenols is 1. The molecule has 192 valence electrons. The Morgan fingerprint density at radius 3 is 2.39 bits per heavy atom. The number of carbonyl (C=O) groups is 4. The Morgan fingerprint density at radius 1 is 0.972 bits per heavy atom. The molecule has 0 bridgehead atoms. The summed E-state index contributed by atoms with van der Waals surface area (Å²) in [5.74, 6) is -2.00. The molecule has 1 aliphatic rings. The van der Waals surface area contributed by atoms with E-state index in [0.29, 0.717) is 32.4 Å². The molecule has 0 aromatic heterocycles. The van der Waals surface area contributed by atoms with Gasteiger partial charge in [-0.25, -0.2) is 0 Å². The molecule has 0 unspecified atom stereocenters. The van der Waals surface area contributed by atoms with E-state index in [1.807, 2.05) is 30.3 Å². The molecule has 2 aromatic rings. The van der Waals surface area contributed by atoms with Crippen molar-refractivity contribution >= 4 is 23.7 Å². The molecule has 1 fully saturated rings. The van der Waals surface area contributed by atoms with Crippen molar-refractivity contribution in [2.75, 3.05) is 26.2 Å². The van der Waals surface area contributed by atoms with Gasteiger partial charge in [0.15, 0.2) is 0 Å². The number of rotatable bonds is 12. The van der Waals surface area contributed by atoms with Crippen molar-refractivity contribution in [1.29, 1.82) is 0 Å². The third-order valence-corrected chi connectivity index (χ3v) is 5.97. The van der Waals surface area contributed by atoms with Gasteiger partial charge in [-0.15, -0.1) is 0 Å². The topological polar surface area (TPSA) is 148 Å². The van der Waals surface area contributed by atoms with E-state index in [4.69, 9.17) is 5.11 Å². The number of nitrogens with one attached hydrogen (secondary N) is 3. The third kappa shape index (κ3) is 8.09. The van der Waals surface area contributed by atoms with Crippen LogP contribution >= 0.6 is 0 Å². The van der Waals surface area contributed by atoms with Crippen molar-refractivity contribution in [3.63, 3.8) is 0 Å². The van der Waals surface area contributed by atoms with E-state index in [9.17, 15) is 24.3 Å². The summed E-state index contributed by atoms with van der Waals surface area (Å²) in [4.78, 5) is 51.1. The molecule has 1 aliphatic heterocycles. The fourth-order valence-corrected chi connectivity index (χ4v) is 4.19. The van der Waals surface area contributed by atoms with E-state index >= 15 is 0 Å². The summed E-state index contributed by atoms with van der Waals surface area (Å²) in [6.45, 7) is 0.185. The van der Waals surface area contributed by atoms with Crippen molar-refractivity contribution in [1.82, 2.24) is 20.9 Å². The zero-order valence-electron chi connectivity index (χ0n) is 20.0. The van der Waals surface area contributed by atoms with Gasteiger partial charge in [-0.05, 0) is 42.5 Å². The number of nitrogens with zero attached hydrogens (tertiary/aromatic N) is 1. The van der Waals surface area contributed by atoms with Crippen LogP contribution in [0.15, 0.2) is 54.6 Å². The van der Waals surface area contributed by atoms with E-state index in [-0.39, 0.29) is 37.1 Å². The molecule has 2 aromatic carbocycles. The zero-order valence-corrected chi connectivity index (χ0v) is 20.0. The summed E-state index contributed by atoms with van der Waals surface area (Å²) in [6, 6.07) is 14.5. The lowest BCUT2D eigenvalue weighted by Gasteiger charge is -2.29. The van der Waals surface area contributed by atoms with Crippen LogP contribution in [0.3, 0.4) is 0 Å². The second kappa shape index (κ2) is 13.2. The highest BCUT2D eigenvalue weighted by molar-refractivity contribution is 5.93. The molecular formula is C26H32N4O6. The highest BCUT2D eigenvalue weighted by atomic mass is 16.4. The minimum absolute atomic E-state index is 0.178. The van der Waals surface area contributed by atoms with Crippen LogP contribution in [-0.2, 0) is 32.0 Å². The van der Waals surface area contributed by atoms with Gasteiger partial charge in [0.25, 0.3) is 0 Å². The molecule has 0 radical (unpaired) electrons. The second-order valence-corrected chi connectivity index (χ2v) is 8.70. The lowest BCUT2D eigenvalue weighted by molar-refractivity contribution is -0.141. The number of carboxylic acids is 1. The minimum atomic E-state index is -1.09. The lowest BCUT2D eigenvalue weighted by atomic mass is 10.0. The van der Waals surface area contributed by atoms with Crippen LogP contribution < -0.4 is 16.0 Å². The van der Waals surface area contributed by atoms with Crippen LogP contribution in [0.1, 0.15) is 24.0 Å². The Labute approximate surface area is 209 Å². The summed E-state index contributed by atoms with van der Waals surface area (Å²) in [5, 5.41) is 26.3. The number of carboxylic acid groups (broad SMARTS) is 1. The predicted octanol–water partition coefficient (Wildman–Crippen LogP) is 0.444. The van der Waals surface area contributed by atoms with E-state index in [1.165, 1.54) is 4.90 Å². The molecule has 3 rings (SSSR count). The van der Waals surface area contributed by atoms with Gasteiger partial charge in [-0.2, -0.15) is 0 Å². The summed E-state index contributed by atoms with van der Waals surface area (Å²) >= 11 is 0. The molecule has 3 amide bonds. The summed E-state index contributed by atoms with van der Waals surface area (Å²) in [5.41, 5.74) is 1.82. The first-order valence-corrected chi connectivity index (χ1v) is 12.0. The Kier molecular flexibility index (Phi) is 9.82. The number of benzene rings is 2. The van der Waals surface area contributed by atoms with Crippen molar-refractivity contribution in [2.45, 2.75) is 37.8 Å². The number of carbonyl (C=O) groups excluding carboxylic acids is 3. The average Bonchev–Trinajstić information content (AvgIpc) is 3.35. The Morgan fingerprint density at radius 2 is 1.69 bits per heavy atom. The maximum absolute atomic E-state index is 13.5. The highest BCUT2D eigenvalue weighted by Crippen LogP contribution is 2.20. The monoisotopic (exact) mass is 496 g/mol. The van der Waals surface area contributed by atoms with Crippen molar-refractivity contribution in [3.05, 3.63) is 65.7 Å². The van der Waals surface area contributed by atoms with Crippen molar-refractivity contribution in [3.8, 4) is 5.75 Å². The fraction of sp³-hybridized carbons (Fsp3) is 0.385. The average molecular weight is 497 g/mol. The quantitative estimate of drug-likeness (QED) is 0.286. The van der Waals surface area contributed by atoms with Crippen LogP contribution in [0, 0.1) is 0 Å². The van der Waals surface area contributed by atoms with E-state index < -0.39 is 24.0 Å². The second-order valence-electron chi connectivity index (χ2n) is 8.70. The van der Waals surface area contributed by atoms with Gasteiger partial charge in [0.05, 0.1) is 13.1 Å². The molecule has 0 aliphatic carbocycles. The highest BCUT2D eigenvalue weighted by Gasteiger charge is 2.37. The largest absolute Gasteiger partial charge is 0.508 e. The van der Waals surface area contributed by atoms with E-state index in [0.717, 1.165) is 11.1 Å². The van der Waals surface area contributed by atoms with Crippen molar-refractivity contribution in [2.24, 2.45) is 0 Å². The van der Waals surface area contributed by atoms with Crippen LogP contribution in [-0.4, -0.2) is 77.1 Å². The number of amides is 3. The minimum Gasteiger partial charge on any atom is -0.508 e. The first kappa shape index (κ1) is 26.7. The lowest BCUT2D eigenvalue weighted by Crippen LogP contribution is -2.55. The van der Waals surface area contributed by atoms with Gasteiger partial charge in [0.1, 0.15) is 17.8 Å². The van der Waals surface area contributed by atoms with Gasteiger partial charge in [-0.3, -0.25) is 24.5 Å². The third-order valence-electron chi connectivity index (χ3n) is 5.97. The van der Waals surface area contributed by atoms with Crippen LogP contribution in [0.2, 0.25) is 0 Å². The maximum Gasteiger partial charge on any atom is 0.317 e. The number of hydrogen-bond donors (Lipinski definition) is 5. The molecule has 2 atom stereocenters. The molecule has 1 heterocycles. The van der Waals surface area contributed by atoms with Crippen molar-refractivity contribution < 1.29 is 29.4 Å². The molecule has 0 spiro atoms. The standard InChI is InChI=1S/C26H32N4O6/c31-20-10-8-18(9-11-20)12-13-28-25(35)22-7-4-14-30(22)26(36)21(15-19-5-2-1-3-6-19)29-23(32)16-27-17-24(33)34/h1-3,5-6,8-11,21-22,27,31H,4,7,12-17H2,(H,28,35)(H,29,32)(H,33,34)/t21-,22-/m0/s1. The van der Waals surface area contributed by atoms with Gasteiger partial charge in [0, 0.05) is 19.5 Å². The maximum atomic E-state index is 13.5. The molecule has 36 heavy (non-hydrogen) atoms. The first-order chi connectivity index (χ1) is 17.3. The number of phenolic OH excluding ortho intramolecular Hbond substituents is 1. The van der Waals surface area contributed by atoms with Crippen LogP contribution in [0.25, 0.3) is 0 Å². The zero-order chi connectivity index (χ0) is 25.9. The molecule has 0 saturated carbocycles. The van der Waals surface area contributed by atoms with Crippen LogP contribution in [0.4, 0.5) is 0 Å². The Bertz CT molecular complexity index is 1040. The van der Waals surface area contributed by atoms with Gasteiger partial charge < -0.3 is 25.7 Å². The fourth-order valence-electron chi connectivity index (χ4n) is 4.19. The van der Waals surface area contributed by atoms with Gasteiger partial charge >= 0.3 is 5.97 Å². The predicted molar refractivity (Wildman–Crippen MR) is 132 cm³/mol. The first-order valence-electron chi connectivity index (χ1n) is 12.0. The Hall–Kier alpha value is -3.92. The van der Waals surface area contributed by atoms with Gasteiger partial charge in [-0.1, -0.05) is 42.5 Å². The summed E-state index contributed by atoms with van der Waals surface area (Å²) < 4.78 is 0. The van der Waals surface area contributed by atoms with E-state index in [2.05, 4.69) is 16.0 Å². The number of aliphatic carboxylic acids is 1. The summed E-state index contributed by atoms with van der Waals surface area (Å²) in [7, 11) is 0. The van der Waals surface area contributed by atoms with Crippen LogP contribution in [0.5, 0.6) is 5.75 Å². The van der Waals surface area contributed by atoms with Gasteiger partial charge in [0.2, 0.25) is 17.7 Å². The smallest absolute Gasteiger partial charge is 0.317 e. The molecule has 5 N–H and O–H groups in total. The SMILES string of the molecule is O=C(O)CNCC(=O)N[C@@H](Cc1ccccc1)C(=O)N1CCC[C@H]1C(=O)NCCc1ccc(O)cc1. The molecule has 1 saturated heterocycles. The number of hydrogen-bond acceptors (Lipinski definition) is 6. The Balaban J connectivity index is 1.62. The molecule has 10 nitrogen and oxygen atoms in total. The summed E-state index contributed by atoms with van der Waals surface area (Å²) in [6.07, 6.45) is 2.04.